The minimum absolute atomic E-state index is 0.419. The largest absolute Gasteiger partial charge is 0.403 e. The van der Waals surface area contributed by atoms with E-state index in [9.17, 15) is 18.3 Å². The molecule has 0 unspecified atom stereocenters. The molecule has 0 aliphatic heterocycles. The van der Waals surface area contributed by atoms with Crippen LogP contribution in [0.1, 0.15) is 18.1 Å². The van der Waals surface area contributed by atoms with Crippen LogP contribution < -0.4 is 5.73 Å². The summed E-state index contributed by atoms with van der Waals surface area (Å²) in [7, 11) is 0. The summed E-state index contributed by atoms with van der Waals surface area (Å²) in [5, 5.41) is 9.55. The predicted molar refractivity (Wildman–Crippen MR) is 57.7 cm³/mol. The van der Waals surface area contributed by atoms with E-state index in [1.165, 1.54) is 0 Å². The molecular weight excluding hydrogens is 287 g/mol. The number of alkyl halides is 3. The van der Waals surface area contributed by atoms with Gasteiger partial charge in [-0.3, -0.25) is 0 Å². The van der Waals surface area contributed by atoms with Crippen LogP contribution in [0.5, 0.6) is 0 Å². The van der Waals surface area contributed by atoms with Gasteiger partial charge >= 0.3 is 6.18 Å². The third-order valence-electron chi connectivity index (χ3n) is 2.15. The van der Waals surface area contributed by atoms with E-state index in [4.69, 9.17) is 5.73 Å². The molecule has 0 aromatic heterocycles. The number of hydrogen-bond acceptors (Lipinski definition) is 2. The van der Waals surface area contributed by atoms with Crippen molar-refractivity contribution in [2.24, 2.45) is 5.73 Å². The number of benzene rings is 1. The van der Waals surface area contributed by atoms with E-state index in [1.807, 2.05) is 0 Å². The van der Waals surface area contributed by atoms with E-state index in [0.717, 1.165) is 4.47 Å². The molecule has 3 N–H and O–H groups in total. The van der Waals surface area contributed by atoms with Crippen LogP contribution in [0.25, 0.3) is 0 Å². The van der Waals surface area contributed by atoms with Crippen LogP contribution in [-0.4, -0.2) is 17.3 Å². The first-order valence-corrected chi connectivity index (χ1v) is 5.36. The summed E-state index contributed by atoms with van der Waals surface area (Å²) >= 11 is 3.19. The van der Waals surface area contributed by atoms with Gasteiger partial charge in [-0.05, 0) is 17.7 Å². The molecule has 6 heteroatoms. The first-order valence-electron chi connectivity index (χ1n) is 4.56. The third kappa shape index (κ3) is 3.77. The van der Waals surface area contributed by atoms with Crippen LogP contribution in [0.4, 0.5) is 13.2 Å². The molecule has 0 bridgehead atoms. The highest BCUT2D eigenvalue weighted by atomic mass is 79.9. The van der Waals surface area contributed by atoms with Gasteiger partial charge in [0.1, 0.15) is 6.04 Å². The van der Waals surface area contributed by atoms with Crippen LogP contribution in [0, 0.1) is 0 Å². The minimum Gasteiger partial charge on any atom is -0.388 e. The van der Waals surface area contributed by atoms with E-state index in [2.05, 4.69) is 15.9 Å². The summed E-state index contributed by atoms with van der Waals surface area (Å²) < 4.78 is 37.2. The zero-order chi connectivity index (χ0) is 12.3. The molecule has 1 rings (SSSR count). The first kappa shape index (κ1) is 13.5. The van der Waals surface area contributed by atoms with E-state index < -0.39 is 24.7 Å². The maximum atomic E-state index is 12.1. The minimum atomic E-state index is -4.48. The van der Waals surface area contributed by atoms with Gasteiger partial charge in [-0.25, -0.2) is 0 Å². The fourth-order valence-electron chi connectivity index (χ4n) is 1.20. The summed E-state index contributed by atoms with van der Waals surface area (Å²) in [5.74, 6) is 0. The van der Waals surface area contributed by atoms with Crippen molar-refractivity contribution in [1.82, 2.24) is 0 Å². The van der Waals surface area contributed by atoms with E-state index in [0.29, 0.717) is 5.56 Å². The molecule has 0 aliphatic carbocycles. The summed E-state index contributed by atoms with van der Waals surface area (Å²) in [4.78, 5) is 0. The molecule has 1 aromatic carbocycles. The number of aliphatic hydroxyl groups is 1. The fourth-order valence-corrected chi connectivity index (χ4v) is 1.46. The zero-order valence-corrected chi connectivity index (χ0v) is 9.79. The van der Waals surface area contributed by atoms with Crippen molar-refractivity contribution in [3.8, 4) is 0 Å². The van der Waals surface area contributed by atoms with E-state index in [-0.39, 0.29) is 0 Å². The van der Waals surface area contributed by atoms with Crippen molar-refractivity contribution >= 4 is 15.9 Å². The molecule has 0 amide bonds. The average Bonchev–Trinajstić information content (AvgIpc) is 2.17. The number of halogens is 4. The Bertz CT molecular complexity index is 339. The number of hydrogen-bond donors (Lipinski definition) is 2. The second-order valence-electron chi connectivity index (χ2n) is 3.45. The Balaban J connectivity index is 2.65. The van der Waals surface area contributed by atoms with E-state index >= 15 is 0 Å². The van der Waals surface area contributed by atoms with Crippen LogP contribution in [0.2, 0.25) is 0 Å². The van der Waals surface area contributed by atoms with Crippen LogP contribution in [0.3, 0.4) is 0 Å². The zero-order valence-electron chi connectivity index (χ0n) is 8.21. The molecule has 90 valence electrons. The van der Waals surface area contributed by atoms with Crippen molar-refractivity contribution in [3.63, 3.8) is 0 Å². The molecule has 0 saturated heterocycles. The Kier molecular flexibility index (Phi) is 4.35. The van der Waals surface area contributed by atoms with Gasteiger partial charge in [0.15, 0.2) is 0 Å². The van der Waals surface area contributed by atoms with Crippen LogP contribution in [-0.2, 0) is 0 Å². The van der Waals surface area contributed by atoms with Gasteiger partial charge in [0.05, 0.1) is 6.10 Å². The van der Waals surface area contributed by atoms with Gasteiger partial charge < -0.3 is 10.8 Å². The molecule has 16 heavy (non-hydrogen) atoms. The highest BCUT2D eigenvalue weighted by Crippen LogP contribution is 2.27. The molecule has 2 atom stereocenters. The molecule has 0 saturated carbocycles. The Morgan fingerprint density at radius 3 is 2.19 bits per heavy atom. The Morgan fingerprint density at radius 1 is 1.25 bits per heavy atom. The molecule has 0 fully saturated rings. The van der Waals surface area contributed by atoms with Crippen molar-refractivity contribution in [1.29, 1.82) is 0 Å². The third-order valence-corrected chi connectivity index (χ3v) is 2.68. The number of aliphatic hydroxyl groups excluding tert-OH is 1. The van der Waals surface area contributed by atoms with Crippen molar-refractivity contribution < 1.29 is 18.3 Å². The molecule has 0 aliphatic rings. The molecule has 1 aromatic rings. The SMILES string of the molecule is N[C@H](C[C@H](O)c1ccc(Br)cc1)C(F)(F)F. The second-order valence-corrected chi connectivity index (χ2v) is 4.37. The predicted octanol–water partition coefficient (Wildman–Crippen LogP) is 2.76. The lowest BCUT2D eigenvalue weighted by molar-refractivity contribution is -0.153. The Labute approximate surface area is 99.4 Å². The lowest BCUT2D eigenvalue weighted by atomic mass is 10.0. The van der Waals surface area contributed by atoms with Gasteiger partial charge in [-0.2, -0.15) is 13.2 Å². The quantitative estimate of drug-likeness (QED) is 0.901. The smallest absolute Gasteiger partial charge is 0.388 e. The summed E-state index contributed by atoms with van der Waals surface area (Å²) in [6.45, 7) is 0. The van der Waals surface area contributed by atoms with Gasteiger partial charge in [-0.15, -0.1) is 0 Å². The first-order chi connectivity index (χ1) is 7.30. The standard InChI is InChI=1S/C10H11BrF3NO/c11-7-3-1-6(2-4-7)8(16)5-9(15)10(12,13)14/h1-4,8-9,16H,5,15H2/t8-,9+/m0/s1. The topological polar surface area (TPSA) is 46.2 Å². The lowest BCUT2D eigenvalue weighted by Crippen LogP contribution is -2.38. The number of rotatable bonds is 3. The molecule has 0 radical (unpaired) electrons. The Morgan fingerprint density at radius 2 is 1.75 bits per heavy atom. The maximum absolute atomic E-state index is 12.1. The van der Waals surface area contributed by atoms with E-state index in [1.54, 1.807) is 24.3 Å². The highest BCUT2D eigenvalue weighted by Gasteiger charge is 2.37. The molecular formula is C10H11BrF3NO. The fraction of sp³-hybridized carbons (Fsp3) is 0.400. The summed E-state index contributed by atoms with van der Waals surface area (Å²) in [6.07, 6.45) is -6.22. The van der Waals surface area contributed by atoms with Gasteiger partial charge in [0.25, 0.3) is 0 Å². The van der Waals surface area contributed by atoms with Crippen molar-refractivity contribution in [2.45, 2.75) is 24.7 Å². The summed E-state index contributed by atoms with van der Waals surface area (Å²) in [5.41, 5.74) is 5.34. The molecule has 2 nitrogen and oxygen atoms in total. The van der Waals surface area contributed by atoms with Gasteiger partial charge in [0, 0.05) is 10.9 Å². The average molecular weight is 298 g/mol. The van der Waals surface area contributed by atoms with Crippen LogP contribution in [0.15, 0.2) is 28.7 Å². The molecule has 0 spiro atoms. The monoisotopic (exact) mass is 297 g/mol. The normalized spacial score (nSPS) is 15.9. The van der Waals surface area contributed by atoms with Crippen molar-refractivity contribution in [3.05, 3.63) is 34.3 Å². The lowest BCUT2D eigenvalue weighted by Gasteiger charge is -2.19. The van der Waals surface area contributed by atoms with Gasteiger partial charge in [-0.1, -0.05) is 28.1 Å². The van der Waals surface area contributed by atoms with Crippen LogP contribution >= 0.6 is 15.9 Å². The Hall–Kier alpha value is -0.590. The summed E-state index contributed by atoms with van der Waals surface area (Å²) in [6, 6.07) is 4.40. The maximum Gasteiger partial charge on any atom is 0.403 e. The van der Waals surface area contributed by atoms with Crippen molar-refractivity contribution in [2.75, 3.05) is 0 Å². The molecule has 0 heterocycles. The number of nitrogens with two attached hydrogens (primary N) is 1. The second kappa shape index (κ2) is 5.16. The van der Waals surface area contributed by atoms with Gasteiger partial charge in [0.2, 0.25) is 0 Å². The highest BCUT2D eigenvalue weighted by molar-refractivity contribution is 9.10.